The van der Waals surface area contributed by atoms with Crippen LogP contribution >= 0.6 is 0 Å². The maximum absolute atomic E-state index is 11.5. The number of hydrogen-bond acceptors (Lipinski definition) is 5. The van der Waals surface area contributed by atoms with Crippen LogP contribution in [0.4, 0.5) is 5.69 Å². The van der Waals surface area contributed by atoms with Crippen LogP contribution in [0.2, 0.25) is 0 Å². The standard InChI is InChI=1S/C12H17NO4S2/c1-18(14,15)12-4-2-3-11(9-12)13-10-5-7-19(16,17)8-6-10/h2-4,9-10,13H,5-8H2,1H3. The second-order valence-electron chi connectivity index (χ2n) is 4.87. The van der Waals surface area contributed by atoms with Crippen LogP contribution in [0, 0.1) is 0 Å². The van der Waals surface area contributed by atoms with Gasteiger partial charge in [0.05, 0.1) is 16.4 Å². The van der Waals surface area contributed by atoms with Crippen molar-refractivity contribution >= 4 is 25.4 Å². The molecule has 1 aromatic carbocycles. The minimum absolute atomic E-state index is 0.0818. The molecule has 5 nitrogen and oxygen atoms in total. The predicted octanol–water partition coefficient (Wildman–Crippen LogP) is 1.08. The number of benzene rings is 1. The van der Waals surface area contributed by atoms with Crippen molar-refractivity contribution < 1.29 is 16.8 Å². The Hall–Kier alpha value is -1.08. The Bertz CT molecular complexity index is 651. The van der Waals surface area contributed by atoms with Gasteiger partial charge in [0.25, 0.3) is 0 Å². The van der Waals surface area contributed by atoms with Crippen LogP contribution in [0.5, 0.6) is 0 Å². The molecule has 7 heteroatoms. The van der Waals surface area contributed by atoms with E-state index in [0.29, 0.717) is 18.5 Å². The topological polar surface area (TPSA) is 80.3 Å². The third-order valence-electron chi connectivity index (χ3n) is 3.19. The van der Waals surface area contributed by atoms with Crippen LogP contribution in [0.25, 0.3) is 0 Å². The van der Waals surface area contributed by atoms with Crippen molar-refractivity contribution in [2.75, 3.05) is 23.1 Å². The van der Waals surface area contributed by atoms with E-state index >= 15 is 0 Å². The molecule has 0 spiro atoms. The summed E-state index contributed by atoms with van der Waals surface area (Å²) in [6, 6.07) is 6.68. The van der Waals surface area contributed by atoms with E-state index in [2.05, 4.69) is 5.32 Å². The maximum atomic E-state index is 11.5. The van der Waals surface area contributed by atoms with Gasteiger partial charge in [-0.25, -0.2) is 16.8 Å². The molecule has 19 heavy (non-hydrogen) atoms. The predicted molar refractivity (Wildman–Crippen MR) is 74.9 cm³/mol. The Balaban J connectivity index is 2.09. The highest BCUT2D eigenvalue weighted by atomic mass is 32.2. The van der Waals surface area contributed by atoms with Crippen LogP contribution in [-0.2, 0) is 19.7 Å². The zero-order chi connectivity index (χ0) is 14.1. The summed E-state index contributed by atoms with van der Waals surface area (Å²) in [6.07, 6.45) is 2.29. The van der Waals surface area contributed by atoms with Gasteiger partial charge in [-0.1, -0.05) is 6.07 Å². The van der Waals surface area contributed by atoms with Crippen molar-refractivity contribution in [2.45, 2.75) is 23.8 Å². The van der Waals surface area contributed by atoms with Crippen molar-refractivity contribution in [1.29, 1.82) is 0 Å². The smallest absolute Gasteiger partial charge is 0.175 e. The van der Waals surface area contributed by atoms with Gasteiger partial charge in [0.2, 0.25) is 0 Å². The lowest BCUT2D eigenvalue weighted by Crippen LogP contribution is -2.32. The minimum Gasteiger partial charge on any atom is -0.382 e. The molecule has 0 unspecified atom stereocenters. The van der Waals surface area contributed by atoms with Gasteiger partial charge in [-0.15, -0.1) is 0 Å². The van der Waals surface area contributed by atoms with Crippen molar-refractivity contribution in [3.8, 4) is 0 Å². The second-order valence-corrected chi connectivity index (χ2v) is 9.19. The molecule has 1 N–H and O–H groups in total. The molecule has 1 aliphatic heterocycles. The first-order valence-electron chi connectivity index (χ1n) is 6.03. The van der Waals surface area contributed by atoms with Gasteiger partial charge in [0.15, 0.2) is 9.84 Å². The molecule has 1 saturated heterocycles. The molecular formula is C12H17NO4S2. The largest absolute Gasteiger partial charge is 0.382 e. The number of sulfone groups is 2. The zero-order valence-corrected chi connectivity index (χ0v) is 12.3. The lowest BCUT2D eigenvalue weighted by Gasteiger charge is -2.24. The van der Waals surface area contributed by atoms with Crippen LogP contribution in [0.3, 0.4) is 0 Å². The second kappa shape index (κ2) is 5.13. The fraction of sp³-hybridized carbons (Fsp3) is 0.500. The van der Waals surface area contributed by atoms with E-state index in [0.717, 1.165) is 0 Å². The summed E-state index contributed by atoms with van der Waals surface area (Å²) in [5, 5.41) is 3.20. The number of nitrogens with one attached hydrogen (secondary N) is 1. The monoisotopic (exact) mass is 303 g/mol. The zero-order valence-electron chi connectivity index (χ0n) is 10.7. The minimum atomic E-state index is -3.22. The fourth-order valence-electron chi connectivity index (χ4n) is 2.09. The van der Waals surface area contributed by atoms with Gasteiger partial charge < -0.3 is 5.32 Å². The van der Waals surface area contributed by atoms with E-state index < -0.39 is 19.7 Å². The van der Waals surface area contributed by atoms with Crippen molar-refractivity contribution in [3.63, 3.8) is 0 Å². The van der Waals surface area contributed by atoms with Gasteiger partial charge in [0.1, 0.15) is 9.84 Å². The summed E-state index contributed by atoms with van der Waals surface area (Å²) in [6.45, 7) is 0. The molecule has 1 fully saturated rings. The van der Waals surface area contributed by atoms with E-state index in [-0.39, 0.29) is 22.4 Å². The molecule has 0 amide bonds. The Morgan fingerprint density at radius 2 is 1.84 bits per heavy atom. The third-order valence-corrected chi connectivity index (χ3v) is 6.01. The van der Waals surface area contributed by atoms with Crippen LogP contribution in [-0.4, -0.2) is 40.6 Å². The number of hydrogen-bond donors (Lipinski definition) is 1. The molecule has 0 saturated carbocycles. The lowest BCUT2D eigenvalue weighted by atomic mass is 10.1. The highest BCUT2D eigenvalue weighted by Gasteiger charge is 2.23. The summed E-state index contributed by atoms with van der Waals surface area (Å²) in [4.78, 5) is 0.265. The average Bonchev–Trinajstić information content (AvgIpc) is 2.31. The van der Waals surface area contributed by atoms with E-state index in [1.54, 1.807) is 24.3 Å². The Labute approximate surface area is 113 Å². The summed E-state index contributed by atoms with van der Waals surface area (Å²) in [5.41, 5.74) is 0.715. The maximum Gasteiger partial charge on any atom is 0.175 e. The molecule has 1 aliphatic rings. The average molecular weight is 303 g/mol. The molecule has 106 valence electrons. The van der Waals surface area contributed by atoms with Gasteiger partial charge in [-0.2, -0.15) is 0 Å². The van der Waals surface area contributed by atoms with E-state index in [9.17, 15) is 16.8 Å². The van der Waals surface area contributed by atoms with Gasteiger partial charge >= 0.3 is 0 Å². The molecular weight excluding hydrogens is 286 g/mol. The quantitative estimate of drug-likeness (QED) is 0.903. The van der Waals surface area contributed by atoms with Crippen molar-refractivity contribution in [2.24, 2.45) is 0 Å². The number of anilines is 1. The SMILES string of the molecule is CS(=O)(=O)c1cccc(NC2CCS(=O)(=O)CC2)c1. The Morgan fingerprint density at radius 1 is 1.21 bits per heavy atom. The molecule has 0 aliphatic carbocycles. The summed E-state index contributed by atoms with van der Waals surface area (Å²) < 4.78 is 45.6. The summed E-state index contributed by atoms with van der Waals surface area (Å²) >= 11 is 0. The summed E-state index contributed by atoms with van der Waals surface area (Å²) in [5.74, 6) is 0.382. The molecule has 0 radical (unpaired) electrons. The first-order valence-corrected chi connectivity index (χ1v) is 9.75. The lowest BCUT2D eigenvalue weighted by molar-refractivity contribution is 0.559. The molecule has 0 bridgehead atoms. The van der Waals surface area contributed by atoms with Crippen molar-refractivity contribution in [3.05, 3.63) is 24.3 Å². The highest BCUT2D eigenvalue weighted by molar-refractivity contribution is 7.91. The normalized spacial score (nSPS) is 20.1. The first kappa shape index (κ1) is 14.3. The molecule has 1 heterocycles. The Kier molecular flexibility index (Phi) is 3.87. The van der Waals surface area contributed by atoms with Gasteiger partial charge in [-0.05, 0) is 31.0 Å². The summed E-state index contributed by atoms with van der Waals surface area (Å²) in [7, 11) is -6.10. The molecule has 2 rings (SSSR count). The molecule has 0 aromatic heterocycles. The van der Waals surface area contributed by atoms with E-state index in [1.807, 2.05) is 0 Å². The van der Waals surface area contributed by atoms with Gasteiger partial charge in [-0.3, -0.25) is 0 Å². The van der Waals surface area contributed by atoms with Crippen LogP contribution in [0.15, 0.2) is 29.2 Å². The number of rotatable bonds is 3. The van der Waals surface area contributed by atoms with E-state index in [4.69, 9.17) is 0 Å². The van der Waals surface area contributed by atoms with E-state index in [1.165, 1.54) is 6.26 Å². The van der Waals surface area contributed by atoms with Crippen molar-refractivity contribution in [1.82, 2.24) is 0 Å². The van der Waals surface area contributed by atoms with Crippen LogP contribution < -0.4 is 5.32 Å². The Morgan fingerprint density at radius 3 is 2.42 bits per heavy atom. The first-order chi connectivity index (χ1) is 8.76. The van der Waals surface area contributed by atoms with Crippen LogP contribution in [0.1, 0.15) is 12.8 Å². The molecule has 1 aromatic rings. The fourth-order valence-corrected chi connectivity index (χ4v) is 4.24. The highest BCUT2D eigenvalue weighted by Crippen LogP contribution is 2.20. The molecule has 0 atom stereocenters. The van der Waals surface area contributed by atoms with Gasteiger partial charge in [0, 0.05) is 18.0 Å². The third kappa shape index (κ3) is 3.94.